The average Bonchev–Trinajstić information content (AvgIpc) is 2.62. The summed E-state index contributed by atoms with van der Waals surface area (Å²) >= 11 is 1.74. The van der Waals surface area contributed by atoms with Crippen LogP contribution in [0.1, 0.15) is 30.5 Å². The molecule has 0 fully saturated rings. The quantitative estimate of drug-likeness (QED) is 0.712. The Hall–Kier alpha value is -1.78. The van der Waals surface area contributed by atoms with Crippen molar-refractivity contribution in [2.75, 3.05) is 25.2 Å². The lowest BCUT2D eigenvalue weighted by Gasteiger charge is -2.17. The Labute approximate surface area is 155 Å². The van der Waals surface area contributed by atoms with Crippen LogP contribution < -0.4 is 10.2 Å². The van der Waals surface area contributed by atoms with Gasteiger partial charge in [-0.3, -0.25) is 4.79 Å². The zero-order valence-electron chi connectivity index (χ0n) is 15.7. The predicted octanol–water partition coefficient (Wildman–Crippen LogP) is 3.19. The van der Waals surface area contributed by atoms with E-state index in [1.54, 1.807) is 11.8 Å². The van der Waals surface area contributed by atoms with E-state index in [1.807, 2.05) is 0 Å². The summed E-state index contributed by atoms with van der Waals surface area (Å²) in [5, 5.41) is 3.15. The fourth-order valence-corrected chi connectivity index (χ4v) is 3.42. The van der Waals surface area contributed by atoms with Gasteiger partial charge < -0.3 is 10.2 Å². The van der Waals surface area contributed by atoms with Crippen LogP contribution in [0.25, 0.3) is 0 Å². The van der Waals surface area contributed by atoms with Gasteiger partial charge in [-0.15, -0.1) is 11.8 Å². The van der Waals surface area contributed by atoms with Gasteiger partial charge in [0.05, 0.1) is 7.05 Å². The molecule has 2 N–H and O–H groups in total. The number of anilines is 1. The van der Waals surface area contributed by atoms with E-state index < -0.39 is 0 Å². The number of para-hydroxylation sites is 1. The Morgan fingerprint density at radius 3 is 2.16 bits per heavy atom. The highest BCUT2D eigenvalue weighted by atomic mass is 32.2. The van der Waals surface area contributed by atoms with Gasteiger partial charge in [0.15, 0.2) is 6.54 Å². The number of carbonyl (C=O) groups is 1. The first-order chi connectivity index (χ1) is 12.1. The molecule has 25 heavy (non-hydrogen) atoms. The number of likely N-dealkylation sites (N-methyl/N-ethyl adjacent to an activating group) is 1. The molecule has 1 atom stereocenters. The second kappa shape index (κ2) is 9.64. The van der Waals surface area contributed by atoms with E-state index >= 15 is 0 Å². The molecule has 1 amide bonds. The minimum Gasteiger partial charge on any atom is -0.326 e. The number of rotatable bonds is 8. The van der Waals surface area contributed by atoms with Crippen molar-refractivity contribution >= 4 is 23.4 Å². The zero-order valence-corrected chi connectivity index (χ0v) is 16.5. The van der Waals surface area contributed by atoms with E-state index in [2.05, 4.69) is 74.9 Å². The van der Waals surface area contributed by atoms with E-state index in [-0.39, 0.29) is 5.91 Å². The summed E-state index contributed by atoms with van der Waals surface area (Å²) in [5.74, 6) is 0.0776. The van der Waals surface area contributed by atoms with E-state index in [1.165, 1.54) is 26.5 Å². The van der Waals surface area contributed by atoms with Crippen molar-refractivity contribution in [2.45, 2.75) is 38.1 Å². The van der Waals surface area contributed by atoms with Gasteiger partial charge in [0.1, 0.15) is 6.54 Å². The van der Waals surface area contributed by atoms with E-state index in [0.29, 0.717) is 6.54 Å². The third kappa shape index (κ3) is 5.62. The summed E-state index contributed by atoms with van der Waals surface area (Å²) < 4.78 is 0. The van der Waals surface area contributed by atoms with Crippen LogP contribution in [0.3, 0.4) is 0 Å². The minimum atomic E-state index is 0.0776. The first-order valence-electron chi connectivity index (χ1n) is 8.92. The Morgan fingerprint density at radius 1 is 1.04 bits per heavy atom. The van der Waals surface area contributed by atoms with Crippen LogP contribution in [0.5, 0.6) is 0 Å². The molecule has 0 aromatic heterocycles. The molecule has 0 aliphatic rings. The molecule has 134 valence electrons. The molecular formula is C21H29N2OS+. The lowest BCUT2D eigenvalue weighted by molar-refractivity contribution is -0.885. The summed E-state index contributed by atoms with van der Waals surface area (Å²) in [6.07, 6.45) is 3.93. The smallest absolute Gasteiger partial charge is 0.279 e. The van der Waals surface area contributed by atoms with Gasteiger partial charge in [-0.25, -0.2) is 0 Å². The van der Waals surface area contributed by atoms with Crippen LogP contribution in [-0.2, 0) is 24.2 Å². The standard InChI is InChI=1S/C21H28N2OS/c1-5-17-8-7-9-18(6-2)21(17)22-20(24)15-23(3)14-16-10-12-19(25-4)13-11-16/h7-13H,5-6,14-15H2,1-4H3,(H,22,24)/p+1. The molecule has 0 saturated carbocycles. The minimum absolute atomic E-state index is 0.0776. The zero-order chi connectivity index (χ0) is 18.2. The summed E-state index contributed by atoms with van der Waals surface area (Å²) in [5.41, 5.74) is 4.68. The molecule has 0 aliphatic carbocycles. The second-order valence-electron chi connectivity index (χ2n) is 6.37. The van der Waals surface area contributed by atoms with Gasteiger partial charge in [-0.2, -0.15) is 0 Å². The van der Waals surface area contributed by atoms with Gasteiger partial charge in [0.2, 0.25) is 0 Å². The van der Waals surface area contributed by atoms with Crippen LogP contribution >= 0.6 is 11.8 Å². The molecule has 3 nitrogen and oxygen atoms in total. The maximum atomic E-state index is 12.5. The molecular weight excluding hydrogens is 328 g/mol. The van der Waals surface area contributed by atoms with Crippen molar-refractivity contribution in [3.8, 4) is 0 Å². The molecule has 2 aromatic carbocycles. The lowest BCUT2D eigenvalue weighted by Crippen LogP contribution is -3.08. The molecule has 0 radical (unpaired) electrons. The number of hydrogen-bond donors (Lipinski definition) is 2. The Morgan fingerprint density at radius 2 is 1.64 bits per heavy atom. The number of hydrogen-bond acceptors (Lipinski definition) is 2. The first kappa shape index (κ1) is 19.5. The van der Waals surface area contributed by atoms with Gasteiger partial charge >= 0.3 is 0 Å². The number of quaternary nitrogens is 1. The molecule has 0 saturated heterocycles. The third-order valence-corrected chi connectivity index (χ3v) is 5.13. The monoisotopic (exact) mass is 357 g/mol. The third-order valence-electron chi connectivity index (χ3n) is 4.39. The van der Waals surface area contributed by atoms with Crippen molar-refractivity contribution in [2.24, 2.45) is 0 Å². The largest absolute Gasteiger partial charge is 0.326 e. The van der Waals surface area contributed by atoms with Crippen molar-refractivity contribution in [1.82, 2.24) is 0 Å². The van der Waals surface area contributed by atoms with Crippen LogP contribution in [0.2, 0.25) is 0 Å². The Bertz CT molecular complexity index is 675. The maximum absolute atomic E-state index is 12.5. The highest BCUT2D eigenvalue weighted by molar-refractivity contribution is 7.98. The summed E-state index contributed by atoms with van der Waals surface area (Å²) in [6.45, 7) is 5.56. The first-order valence-corrected chi connectivity index (χ1v) is 10.1. The summed E-state index contributed by atoms with van der Waals surface area (Å²) in [7, 11) is 2.06. The van der Waals surface area contributed by atoms with Crippen LogP contribution in [0, 0.1) is 0 Å². The normalized spacial score (nSPS) is 12.0. The van der Waals surface area contributed by atoms with Gasteiger partial charge in [-0.1, -0.05) is 44.2 Å². The topological polar surface area (TPSA) is 33.5 Å². The maximum Gasteiger partial charge on any atom is 0.279 e. The van der Waals surface area contributed by atoms with Crippen LogP contribution in [0.15, 0.2) is 47.4 Å². The molecule has 4 heteroatoms. The SMILES string of the molecule is CCc1cccc(CC)c1NC(=O)C[NH+](C)Cc1ccc(SC)cc1. The molecule has 0 aliphatic heterocycles. The number of nitrogens with one attached hydrogen (secondary N) is 2. The molecule has 0 bridgehead atoms. The Kier molecular flexibility index (Phi) is 7.53. The van der Waals surface area contributed by atoms with E-state index in [4.69, 9.17) is 0 Å². The molecule has 0 heterocycles. The van der Waals surface area contributed by atoms with Crippen LogP contribution in [-0.4, -0.2) is 25.8 Å². The van der Waals surface area contributed by atoms with E-state index in [0.717, 1.165) is 25.1 Å². The summed E-state index contributed by atoms with van der Waals surface area (Å²) in [4.78, 5) is 15.0. The van der Waals surface area contributed by atoms with Crippen LogP contribution in [0.4, 0.5) is 5.69 Å². The van der Waals surface area contributed by atoms with Gasteiger partial charge in [-0.05, 0) is 42.4 Å². The number of thioether (sulfide) groups is 1. The predicted molar refractivity (Wildman–Crippen MR) is 108 cm³/mol. The highest BCUT2D eigenvalue weighted by Gasteiger charge is 2.14. The molecule has 1 unspecified atom stereocenters. The van der Waals surface area contributed by atoms with Crippen molar-refractivity contribution in [3.63, 3.8) is 0 Å². The van der Waals surface area contributed by atoms with Crippen molar-refractivity contribution in [3.05, 3.63) is 59.2 Å². The van der Waals surface area contributed by atoms with Crippen molar-refractivity contribution in [1.29, 1.82) is 0 Å². The number of amides is 1. The number of aryl methyl sites for hydroxylation is 2. The molecule has 0 spiro atoms. The van der Waals surface area contributed by atoms with Crippen molar-refractivity contribution < 1.29 is 9.69 Å². The highest BCUT2D eigenvalue weighted by Crippen LogP contribution is 2.22. The molecule has 2 aromatic rings. The fourth-order valence-electron chi connectivity index (χ4n) is 3.02. The fraction of sp³-hybridized carbons (Fsp3) is 0.381. The average molecular weight is 358 g/mol. The number of benzene rings is 2. The Balaban J connectivity index is 1.97. The van der Waals surface area contributed by atoms with E-state index in [9.17, 15) is 4.79 Å². The molecule has 2 rings (SSSR count). The second-order valence-corrected chi connectivity index (χ2v) is 7.24. The van der Waals surface area contributed by atoms with Gasteiger partial charge in [0, 0.05) is 16.1 Å². The summed E-state index contributed by atoms with van der Waals surface area (Å²) in [6, 6.07) is 14.8. The van der Waals surface area contributed by atoms with Gasteiger partial charge in [0.25, 0.3) is 5.91 Å². The number of carbonyl (C=O) groups excluding carboxylic acids is 1. The lowest BCUT2D eigenvalue weighted by atomic mass is 10.0.